The van der Waals surface area contributed by atoms with Crippen molar-refractivity contribution in [1.82, 2.24) is 0 Å². The summed E-state index contributed by atoms with van der Waals surface area (Å²) in [5, 5.41) is 0. The monoisotopic (exact) mass is 393 g/mol. The van der Waals surface area contributed by atoms with E-state index in [9.17, 15) is 21.6 Å². The van der Waals surface area contributed by atoms with Crippen LogP contribution in [0.5, 0.6) is 0 Å². The molecule has 0 aliphatic heterocycles. The first kappa shape index (κ1) is 19.0. The zero-order valence-electron chi connectivity index (χ0n) is 12.7. The number of nitrogens with one attached hydrogen (secondary N) is 1. The lowest BCUT2D eigenvalue weighted by Crippen LogP contribution is -2.15. The van der Waals surface area contributed by atoms with Gasteiger partial charge in [-0.15, -0.1) is 23.5 Å². The fourth-order valence-corrected chi connectivity index (χ4v) is 4.21. The van der Waals surface area contributed by atoms with Crippen LogP contribution in [0.25, 0.3) is 0 Å². The smallest absolute Gasteiger partial charge is 0.278 e. The number of hydrogen-bond donors (Lipinski definition) is 1. The van der Waals surface area contributed by atoms with E-state index in [-0.39, 0.29) is 0 Å². The molecule has 1 N–H and O–H groups in total. The van der Waals surface area contributed by atoms with E-state index in [1.165, 1.54) is 23.5 Å². The Kier molecular flexibility index (Phi) is 5.77. The lowest BCUT2D eigenvalue weighted by Gasteiger charge is -2.13. The molecular formula is C15H14F3NO2S3. The fraction of sp³-hybridized carbons (Fsp3) is 0.200. The number of anilines is 1. The molecule has 2 aromatic carbocycles. The van der Waals surface area contributed by atoms with E-state index < -0.39 is 26.7 Å². The first-order chi connectivity index (χ1) is 11.2. The summed E-state index contributed by atoms with van der Waals surface area (Å²) in [4.78, 5) is 1.22. The molecule has 0 radical (unpaired) electrons. The van der Waals surface area contributed by atoms with Gasteiger partial charge in [0, 0.05) is 9.79 Å². The van der Waals surface area contributed by atoms with Crippen LogP contribution in [0.1, 0.15) is 5.56 Å². The molecule has 0 amide bonds. The topological polar surface area (TPSA) is 46.2 Å². The molecule has 0 aliphatic carbocycles. The first-order valence-corrected chi connectivity index (χ1v) is 10.5. The Bertz CT molecular complexity index is 836. The molecule has 2 aromatic rings. The summed E-state index contributed by atoms with van der Waals surface area (Å²) in [6.07, 6.45) is -0.913. The minimum atomic E-state index is -4.60. The number of hydrogen-bond acceptors (Lipinski definition) is 4. The van der Waals surface area contributed by atoms with Gasteiger partial charge in [0.15, 0.2) is 0 Å². The van der Waals surface area contributed by atoms with Gasteiger partial charge in [0.25, 0.3) is 10.0 Å². The molecule has 0 aliphatic rings. The maximum absolute atomic E-state index is 12.8. The van der Waals surface area contributed by atoms with Crippen molar-refractivity contribution in [2.75, 3.05) is 17.2 Å². The van der Waals surface area contributed by atoms with Gasteiger partial charge in [-0.25, -0.2) is 8.42 Å². The third-order valence-corrected chi connectivity index (χ3v) is 5.99. The van der Waals surface area contributed by atoms with E-state index in [1.807, 2.05) is 12.3 Å². The maximum atomic E-state index is 12.8. The number of rotatable bonds is 5. The molecule has 0 spiro atoms. The third kappa shape index (κ3) is 4.40. The molecule has 0 atom stereocenters. The number of benzene rings is 2. The summed E-state index contributed by atoms with van der Waals surface area (Å²) in [5.41, 5.74) is -0.675. The van der Waals surface area contributed by atoms with Crippen molar-refractivity contribution in [3.05, 3.63) is 48.0 Å². The lowest BCUT2D eigenvalue weighted by atomic mass is 10.2. The second-order valence-electron chi connectivity index (χ2n) is 4.70. The molecule has 3 nitrogen and oxygen atoms in total. The molecular weight excluding hydrogens is 379 g/mol. The molecule has 0 unspecified atom stereocenters. The van der Waals surface area contributed by atoms with Crippen LogP contribution in [0.2, 0.25) is 0 Å². The lowest BCUT2D eigenvalue weighted by molar-refractivity contribution is -0.137. The Balaban J connectivity index is 2.39. The average Bonchev–Trinajstić information content (AvgIpc) is 2.54. The van der Waals surface area contributed by atoms with Crippen molar-refractivity contribution in [3.8, 4) is 0 Å². The Hall–Kier alpha value is -1.32. The highest BCUT2D eigenvalue weighted by Crippen LogP contribution is 2.33. The van der Waals surface area contributed by atoms with Gasteiger partial charge in [-0.05, 0) is 48.9 Å². The summed E-state index contributed by atoms with van der Waals surface area (Å²) >= 11 is 2.86. The Labute approximate surface area is 147 Å². The third-order valence-electron chi connectivity index (χ3n) is 3.12. The molecule has 0 saturated heterocycles. The van der Waals surface area contributed by atoms with Crippen LogP contribution in [0.15, 0.2) is 57.2 Å². The zero-order valence-corrected chi connectivity index (χ0v) is 15.2. The van der Waals surface area contributed by atoms with E-state index in [1.54, 1.807) is 18.4 Å². The molecule has 0 heterocycles. The van der Waals surface area contributed by atoms with E-state index in [0.717, 1.165) is 23.1 Å². The SMILES string of the molecule is CSc1ccc(NS(=O)(=O)c2cccc(C(F)(F)F)c2)c(SC)c1. The zero-order chi connectivity index (χ0) is 18.0. The summed E-state index contributed by atoms with van der Waals surface area (Å²) in [5.74, 6) is 0. The summed E-state index contributed by atoms with van der Waals surface area (Å²) in [6, 6.07) is 8.82. The number of alkyl halides is 3. The van der Waals surface area contributed by atoms with Crippen LogP contribution in [-0.2, 0) is 16.2 Å². The summed E-state index contributed by atoms with van der Waals surface area (Å²) in [7, 11) is -4.12. The Morgan fingerprint density at radius 1 is 1.00 bits per heavy atom. The standard InChI is InChI=1S/C15H14F3NO2S3/c1-22-11-6-7-13(14(9-11)23-2)19-24(20,21)12-5-3-4-10(8-12)15(16,17)18/h3-9,19H,1-2H3. The van der Waals surface area contributed by atoms with Crippen LogP contribution in [0.4, 0.5) is 18.9 Å². The van der Waals surface area contributed by atoms with Crippen molar-refractivity contribution in [1.29, 1.82) is 0 Å². The molecule has 0 saturated carbocycles. The average molecular weight is 393 g/mol. The van der Waals surface area contributed by atoms with Gasteiger partial charge in [0.05, 0.1) is 16.1 Å². The van der Waals surface area contributed by atoms with Gasteiger partial charge >= 0.3 is 6.18 Å². The van der Waals surface area contributed by atoms with Crippen molar-refractivity contribution < 1.29 is 21.6 Å². The predicted molar refractivity (Wildman–Crippen MR) is 92.3 cm³/mol. The Morgan fingerprint density at radius 3 is 2.29 bits per heavy atom. The highest BCUT2D eigenvalue weighted by atomic mass is 32.2. The molecule has 0 fully saturated rings. The highest BCUT2D eigenvalue weighted by molar-refractivity contribution is 7.99. The van der Waals surface area contributed by atoms with E-state index >= 15 is 0 Å². The van der Waals surface area contributed by atoms with Crippen molar-refractivity contribution in [2.45, 2.75) is 20.9 Å². The fourth-order valence-electron chi connectivity index (χ4n) is 1.93. The van der Waals surface area contributed by atoms with Gasteiger partial charge in [0.2, 0.25) is 0 Å². The predicted octanol–water partition coefficient (Wildman–Crippen LogP) is 4.95. The van der Waals surface area contributed by atoms with E-state index in [0.29, 0.717) is 16.6 Å². The normalized spacial score (nSPS) is 12.2. The molecule has 24 heavy (non-hydrogen) atoms. The number of thioether (sulfide) groups is 2. The maximum Gasteiger partial charge on any atom is 0.416 e. The van der Waals surface area contributed by atoms with Crippen LogP contribution in [0, 0.1) is 0 Å². The molecule has 0 aromatic heterocycles. The van der Waals surface area contributed by atoms with Crippen LogP contribution >= 0.6 is 23.5 Å². The minimum Gasteiger partial charge on any atom is -0.278 e. The van der Waals surface area contributed by atoms with Gasteiger partial charge in [-0.2, -0.15) is 13.2 Å². The van der Waals surface area contributed by atoms with Gasteiger partial charge in [-0.1, -0.05) is 6.07 Å². The van der Waals surface area contributed by atoms with Crippen molar-refractivity contribution >= 4 is 39.2 Å². The van der Waals surface area contributed by atoms with Gasteiger partial charge < -0.3 is 0 Å². The molecule has 2 rings (SSSR count). The molecule has 9 heteroatoms. The minimum absolute atomic E-state index is 0.331. The number of sulfonamides is 1. The largest absolute Gasteiger partial charge is 0.416 e. The van der Waals surface area contributed by atoms with Crippen LogP contribution in [-0.4, -0.2) is 20.9 Å². The van der Waals surface area contributed by atoms with E-state index in [4.69, 9.17) is 0 Å². The first-order valence-electron chi connectivity index (χ1n) is 6.59. The van der Waals surface area contributed by atoms with Gasteiger partial charge in [-0.3, -0.25) is 4.72 Å². The van der Waals surface area contributed by atoms with Crippen LogP contribution in [0.3, 0.4) is 0 Å². The highest BCUT2D eigenvalue weighted by Gasteiger charge is 2.31. The van der Waals surface area contributed by atoms with Gasteiger partial charge in [0.1, 0.15) is 0 Å². The second kappa shape index (κ2) is 7.28. The molecule has 130 valence electrons. The summed E-state index contributed by atoms with van der Waals surface area (Å²) in [6.45, 7) is 0. The van der Waals surface area contributed by atoms with E-state index in [2.05, 4.69) is 4.72 Å². The summed E-state index contributed by atoms with van der Waals surface area (Å²) < 4.78 is 65.5. The second-order valence-corrected chi connectivity index (χ2v) is 8.11. The van der Waals surface area contributed by atoms with Crippen LogP contribution < -0.4 is 4.72 Å². The van der Waals surface area contributed by atoms with Crippen molar-refractivity contribution in [3.63, 3.8) is 0 Å². The quantitative estimate of drug-likeness (QED) is 0.730. The Morgan fingerprint density at radius 2 is 1.71 bits per heavy atom. The number of halogens is 3. The van der Waals surface area contributed by atoms with Crippen molar-refractivity contribution in [2.24, 2.45) is 0 Å². The molecule has 0 bridgehead atoms.